The molecule has 0 aromatic carbocycles. The number of rotatable bonds is 1. The fraction of sp³-hybridized carbons (Fsp3) is 0.444. The Hall–Kier alpha value is -0.870. The van der Waals surface area contributed by atoms with E-state index in [2.05, 4.69) is 9.97 Å². The Morgan fingerprint density at radius 3 is 2.40 bits per heavy atom. The maximum atomic E-state index is 11.5. The zero-order valence-electron chi connectivity index (χ0n) is 8.54. The second kappa shape index (κ2) is 4.33. The monoisotopic (exact) mass is 248 g/mol. The van der Waals surface area contributed by atoms with Crippen molar-refractivity contribution in [2.24, 2.45) is 0 Å². The zero-order valence-corrected chi connectivity index (χ0v) is 10.1. The smallest absolute Gasteiger partial charge is 0.359 e. The normalized spacial score (nSPS) is 11.3. The van der Waals surface area contributed by atoms with Crippen LogP contribution in [0, 0.1) is 0 Å². The number of halogens is 2. The lowest BCUT2D eigenvalue weighted by Gasteiger charge is -2.18. The lowest BCUT2D eigenvalue weighted by molar-refractivity contribution is 0.00623. The van der Waals surface area contributed by atoms with Crippen LogP contribution in [0.25, 0.3) is 0 Å². The highest BCUT2D eigenvalue weighted by molar-refractivity contribution is 6.40. The van der Waals surface area contributed by atoms with Crippen molar-refractivity contribution in [3.8, 4) is 0 Å². The van der Waals surface area contributed by atoms with Gasteiger partial charge in [0.1, 0.15) is 5.60 Å². The predicted octanol–water partition coefficient (Wildman–Crippen LogP) is 2.74. The van der Waals surface area contributed by atoms with Crippen LogP contribution in [0.3, 0.4) is 0 Å². The average Bonchev–Trinajstić information content (AvgIpc) is 2.06. The first-order chi connectivity index (χ1) is 6.79. The van der Waals surface area contributed by atoms with E-state index in [1.165, 1.54) is 6.20 Å². The molecule has 1 heterocycles. The molecular formula is C9H10Cl2N2O2. The molecule has 4 nitrogen and oxygen atoms in total. The van der Waals surface area contributed by atoms with Gasteiger partial charge in [-0.15, -0.1) is 0 Å². The molecule has 82 valence electrons. The van der Waals surface area contributed by atoms with E-state index in [4.69, 9.17) is 27.9 Å². The first kappa shape index (κ1) is 12.2. The molecule has 0 aliphatic heterocycles. The van der Waals surface area contributed by atoms with Crippen LogP contribution in [-0.4, -0.2) is 21.5 Å². The van der Waals surface area contributed by atoms with Gasteiger partial charge in [0.15, 0.2) is 16.0 Å². The van der Waals surface area contributed by atoms with Gasteiger partial charge in [-0.25, -0.2) is 14.8 Å². The lowest BCUT2D eigenvalue weighted by Crippen LogP contribution is -2.24. The quantitative estimate of drug-likeness (QED) is 0.718. The molecule has 1 aromatic rings. The minimum Gasteiger partial charge on any atom is -0.455 e. The Balaban J connectivity index is 2.88. The number of carbonyl (C=O) groups is 1. The summed E-state index contributed by atoms with van der Waals surface area (Å²) in [6.07, 6.45) is 1.22. The maximum absolute atomic E-state index is 11.5. The van der Waals surface area contributed by atoms with Gasteiger partial charge in [0, 0.05) is 0 Å². The number of nitrogens with zero attached hydrogens (tertiary/aromatic N) is 2. The molecule has 0 saturated carbocycles. The molecule has 0 atom stereocenters. The SMILES string of the molecule is CC(C)(C)OC(=O)c1cnc(Cl)c(Cl)n1. The van der Waals surface area contributed by atoms with E-state index in [1.807, 2.05) is 0 Å². The Morgan fingerprint density at radius 2 is 1.93 bits per heavy atom. The Bertz CT molecular complexity index is 388. The van der Waals surface area contributed by atoms with Crippen molar-refractivity contribution in [3.05, 3.63) is 22.2 Å². The second-order valence-corrected chi connectivity index (χ2v) is 4.55. The molecule has 0 fully saturated rings. The van der Waals surface area contributed by atoms with Crippen molar-refractivity contribution in [1.82, 2.24) is 9.97 Å². The van der Waals surface area contributed by atoms with Gasteiger partial charge in [-0.05, 0) is 20.8 Å². The fourth-order valence-corrected chi connectivity index (χ4v) is 1.01. The van der Waals surface area contributed by atoms with Crippen LogP contribution in [0.15, 0.2) is 6.20 Å². The molecule has 6 heteroatoms. The van der Waals surface area contributed by atoms with Gasteiger partial charge in [-0.1, -0.05) is 23.2 Å². The average molecular weight is 249 g/mol. The molecule has 0 bridgehead atoms. The van der Waals surface area contributed by atoms with Crippen molar-refractivity contribution in [2.75, 3.05) is 0 Å². The number of ether oxygens (including phenoxy) is 1. The first-order valence-electron chi connectivity index (χ1n) is 4.21. The van der Waals surface area contributed by atoms with Gasteiger partial charge >= 0.3 is 5.97 Å². The van der Waals surface area contributed by atoms with Gasteiger partial charge in [0.2, 0.25) is 0 Å². The Kier molecular flexibility index (Phi) is 3.52. The van der Waals surface area contributed by atoms with E-state index >= 15 is 0 Å². The summed E-state index contributed by atoms with van der Waals surface area (Å²) in [5.41, 5.74) is -0.537. The molecule has 0 spiro atoms. The third-order valence-electron chi connectivity index (χ3n) is 1.30. The van der Waals surface area contributed by atoms with E-state index in [0.717, 1.165) is 0 Å². The minimum atomic E-state index is -0.578. The minimum absolute atomic E-state index is 0.0139. The van der Waals surface area contributed by atoms with E-state index in [0.29, 0.717) is 0 Å². The number of carbonyl (C=O) groups excluding carboxylic acids is 1. The van der Waals surface area contributed by atoms with E-state index in [1.54, 1.807) is 20.8 Å². The highest BCUT2D eigenvalue weighted by Crippen LogP contribution is 2.17. The molecule has 0 radical (unpaired) electrons. The first-order valence-corrected chi connectivity index (χ1v) is 4.96. The van der Waals surface area contributed by atoms with Crippen molar-refractivity contribution in [3.63, 3.8) is 0 Å². The second-order valence-electron chi connectivity index (χ2n) is 3.84. The molecule has 15 heavy (non-hydrogen) atoms. The summed E-state index contributed by atoms with van der Waals surface area (Å²) in [7, 11) is 0. The van der Waals surface area contributed by atoms with Crippen LogP contribution in [-0.2, 0) is 4.74 Å². The van der Waals surface area contributed by atoms with Crippen LogP contribution >= 0.6 is 23.2 Å². The number of hydrogen-bond acceptors (Lipinski definition) is 4. The molecule has 0 unspecified atom stereocenters. The van der Waals surface area contributed by atoms with Crippen LogP contribution in [0.4, 0.5) is 0 Å². The van der Waals surface area contributed by atoms with Crippen molar-refractivity contribution >= 4 is 29.2 Å². The van der Waals surface area contributed by atoms with Gasteiger partial charge in [-0.3, -0.25) is 0 Å². The van der Waals surface area contributed by atoms with Crippen molar-refractivity contribution in [1.29, 1.82) is 0 Å². The van der Waals surface area contributed by atoms with Crippen LogP contribution < -0.4 is 0 Å². The highest BCUT2D eigenvalue weighted by atomic mass is 35.5. The largest absolute Gasteiger partial charge is 0.455 e. The summed E-state index contributed by atoms with van der Waals surface area (Å²) in [4.78, 5) is 19.0. The number of esters is 1. The van der Waals surface area contributed by atoms with Crippen LogP contribution in [0.1, 0.15) is 31.3 Å². The Morgan fingerprint density at radius 1 is 1.33 bits per heavy atom. The van der Waals surface area contributed by atoms with Crippen LogP contribution in [0.2, 0.25) is 10.3 Å². The summed E-state index contributed by atoms with van der Waals surface area (Å²) in [6.45, 7) is 5.28. The van der Waals surface area contributed by atoms with E-state index in [9.17, 15) is 4.79 Å². The summed E-state index contributed by atoms with van der Waals surface area (Å²) >= 11 is 11.2. The summed E-state index contributed by atoms with van der Waals surface area (Å²) < 4.78 is 5.08. The third kappa shape index (κ3) is 3.64. The van der Waals surface area contributed by atoms with Gasteiger partial charge in [0.25, 0.3) is 0 Å². The molecule has 0 amide bonds. The topological polar surface area (TPSA) is 52.1 Å². The zero-order chi connectivity index (χ0) is 11.6. The van der Waals surface area contributed by atoms with Crippen molar-refractivity contribution in [2.45, 2.75) is 26.4 Å². The highest BCUT2D eigenvalue weighted by Gasteiger charge is 2.19. The molecule has 0 aliphatic carbocycles. The maximum Gasteiger partial charge on any atom is 0.359 e. The number of aromatic nitrogens is 2. The van der Waals surface area contributed by atoms with Gasteiger partial charge in [-0.2, -0.15) is 0 Å². The molecule has 0 N–H and O–H groups in total. The predicted molar refractivity (Wildman–Crippen MR) is 57.2 cm³/mol. The number of hydrogen-bond donors (Lipinski definition) is 0. The summed E-state index contributed by atoms with van der Waals surface area (Å²) in [6, 6.07) is 0. The molecule has 0 saturated heterocycles. The lowest BCUT2D eigenvalue weighted by atomic mass is 10.2. The molecular weight excluding hydrogens is 239 g/mol. The van der Waals surface area contributed by atoms with Gasteiger partial charge in [0.05, 0.1) is 6.20 Å². The van der Waals surface area contributed by atoms with Crippen LogP contribution in [0.5, 0.6) is 0 Å². The fourth-order valence-electron chi connectivity index (χ4n) is 0.781. The van der Waals surface area contributed by atoms with E-state index in [-0.39, 0.29) is 16.0 Å². The van der Waals surface area contributed by atoms with Gasteiger partial charge < -0.3 is 4.74 Å². The molecule has 0 aliphatic rings. The third-order valence-corrected chi connectivity index (χ3v) is 1.93. The van der Waals surface area contributed by atoms with Crippen molar-refractivity contribution < 1.29 is 9.53 Å². The Labute approximate surface area is 97.6 Å². The molecule has 1 aromatic heterocycles. The summed E-state index contributed by atoms with van der Waals surface area (Å²) in [5, 5.41) is 0.0454. The molecule has 1 rings (SSSR count). The standard InChI is InChI=1S/C9H10Cl2N2O2/c1-9(2,3)15-8(14)5-4-12-6(10)7(11)13-5/h4H,1-3H3. The van der Waals surface area contributed by atoms with E-state index < -0.39 is 11.6 Å². The summed E-state index contributed by atoms with van der Waals surface area (Å²) in [5.74, 6) is -0.575.